The van der Waals surface area contributed by atoms with E-state index in [4.69, 9.17) is 0 Å². The van der Waals surface area contributed by atoms with Crippen molar-refractivity contribution in [2.75, 3.05) is 0 Å². The Bertz CT molecular complexity index is 985. The number of nitro benzene ring substituents is 1. The fourth-order valence-corrected chi connectivity index (χ4v) is 2.84. The number of nitro groups is 1. The van der Waals surface area contributed by atoms with Gasteiger partial charge in [0.1, 0.15) is 0 Å². The van der Waals surface area contributed by atoms with Crippen molar-refractivity contribution in [3.05, 3.63) is 57.6 Å². The van der Waals surface area contributed by atoms with Crippen LogP contribution in [0, 0.1) is 16.0 Å². The van der Waals surface area contributed by atoms with E-state index < -0.39 is 22.1 Å². The maximum Gasteiger partial charge on any atom is 0.319 e. The molecular formula is C18H17N5O5. The minimum Gasteiger partial charge on any atom is -0.504 e. The zero-order chi connectivity index (χ0) is 20.3. The number of benzene rings is 2. The van der Waals surface area contributed by atoms with Crippen molar-refractivity contribution >= 4 is 23.0 Å². The average molecular weight is 383 g/mol. The molecule has 10 nitrogen and oxygen atoms in total. The fraction of sp³-hybridized carbons (Fsp3) is 0.222. The van der Waals surface area contributed by atoms with Crippen molar-refractivity contribution in [1.29, 1.82) is 0 Å². The second-order valence-corrected chi connectivity index (χ2v) is 6.28. The molecule has 1 amide bonds. The molecule has 0 spiro atoms. The van der Waals surface area contributed by atoms with Gasteiger partial charge in [0.25, 0.3) is 0 Å². The molecule has 2 aromatic rings. The van der Waals surface area contributed by atoms with E-state index >= 15 is 0 Å². The average Bonchev–Trinajstić information content (AvgIpc) is 2.65. The lowest BCUT2D eigenvalue weighted by Gasteiger charge is -2.19. The highest BCUT2D eigenvalue weighted by atomic mass is 16.6. The summed E-state index contributed by atoms with van der Waals surface area (Å²) in [5, 5.41) is 42.2. The molecule has 1 heterocycles. The van der Waals surface area contributed by atoms with Crippen LogP contribution in [0.15, 0.2) is 51.7 Å². The Morgan fingerprint density at radius 3 is 2.61 bits per heavy atom. The third-order valence-corrected chi connectivity index (χ3v) is 4.25. The normalized spacial score (nSPS) is 16.7. The molecule has 3 rings (SSSR count). The summed E-state index contributed by atoms with van der Waals surface area (Å²) in [6.07, 6.45) is 0.374. The second kappa shape index (κ2) is 7.82. The van der Waals surface area contributed by atoms with Crippen LogP contribution < -0.4 is 5.43 Å². The van der Waals surface area contributed by atoms with Gasteiger partial charge in [-0.05, 0) is 29.8 Å². The predicted octanol–water partition coefficient (Wildman–Crippen LogP) is 3.15. The van der Waals surface area contributed by atoms with E-state index in [9.17, 15) is 25.1 Å². The summed E-state index contributed by atoms with van der Waals surface area (Å²) >= 11 is 0. The van der Waals surface area contributed by atoms with E-state index in [1.54, 1.807) is 24.3 Å². The van der Waals surface area contributed by atoms with Gasteiger partial charge in [-0.1, -0.05) is 19.1 Å². The number of phenolic OH excluding ortho intramolecular Hbond substituents is 2. The SMILES string of the molecule is CC1CC(=O)NN=C1c1ccc(N=NCc2ccc(O)c(O)c2[N+](=O)[O-])cc1. The third kappa shape index (κ3) is 3.95. The van der Waals surface area contributed by atoms with E-state index in [0.717, 1.165) is 17.3 Å². The zero-order valence-corrected chi connectivity index (χ0v) is 14.9. The molecule has 10 heteroatoms. The number of carbonyl (C=O) groups is 1. The van der Waals surface area contributed by atoms with Gasteiger partial charge in [0.2, 0.25) is 11.7 Å². The van der Waals surface area contributed by atoms with Crippen LogP contribution in [0.4, 0.5) is 11.4 Å². The molecule has 1 aliphatic heterocycles. The Kier molecular flexibility index (Phi) is 5.30. The van der Waals surface area contributed by atoms with Gasteiger partial charge >= 0.3 is 5.69 Å². The number of phenols is 2. The van der Waals surface area contributed by atoms with E-state index in [1.165, 1.54) is 6.07 Å². The van der Waals surface area contributed by atoms with Gasteiger partial charge < -0.3 is 10.2 Å². The van der Waals surface area contributed by atoms with Crippen LogP contribution in [0.5, 0.6) is 11.5 Å². The van der Waals surface area contributed by atoms with Crippen LogP contribution in [0.2, 0.25) is 0 Å². The van der Waals surface area contributed by atoms with Crippen LogP contribution in [-0.4, -0.2) is 26.8 Å². The molecule has 3 N–H and O–H groups in total. The van der Waals surface area contributed by atoms with E-state index in [-0.39, 0.29) is 23.9 Å². The van der Waals surface area contributed by atoms with E-state index in [0.29, 0.717) is 12.1 Å². The number of hydrogen-bond donors (Lipinski definition) is 3. The smallest absolute Gasteiger partial charge is 0.319 e. The second-order valence-electron chi connectivity index (χ2n) is 6.28. The van der Waals surface area contributed by atoms with Gasteiger partial charge in [-0.3, -0.25) is 14.9 Å². The maximum atomic E-state index is 11.3. The lowest BCUT2D eigenvalue weighted by Crippen LogP contribution is -2.31. The first kappa shape index (κ1) is 19.0. The lowest BCUT2D eigenvalue weighted by molar-refractivity contribution is -0.386. The third-order valence-electron chi connectivity index (χ3n) is 4.25. The molecule has 0 aromatic heterocycles. The van der Waals surface area contributed by atoms with Gasteiger partial charge in [-0.25, -0.2) is 5.43 Å². The van der Waals surface area contributed by atoms with Crippen LogP contribution in [0.3, 0.4) is 0 Å². The lowest BCUT2D eigenvalue weighted by atomic mass is 9.94. The first-order valence-corrected chi connectivity index (χ1v) is 8.39. The number of carbonyl (C=O) groups excluding carboxylic acids is 1. The van der Waals surface area contributed by atoms with Gasteiger partial charge in [0.05, 0.1) is 28.4 Å². The number of aromatic hydroxyl groups is 2. The summed E-state index contributed by atoms with van der Waals surface area (Å²) in [4.78, 5) is 21.6. The minimum absolute atomic E-state index is 0.00366. The van der Waals surface area contributed by atoms with Crippen molar-refractivity contribution in [2.45, 2.75) is 19.9 Å². The topological polar surface area (TPSA) is 150 Å². The highest BCUT2D eigenvalue weighted by Crippen LogP contribution is 2.38. The van der Waals surface area contributed by atoms with Crippen molar-refractivity contribution < 1.29 is 19.9 Å². The van der Waals surface area contributed by atoms with E-state index in [1.807, 2.05) is 6.92 Å². The van der Waals surface area contributed by atoms with Crippen molar-refractivity contribution in [3.63, 3.8) is 0 Å². The first-order valence-electron chi connectivity index (χ1n) is 8.39. The summed E-state index contributed by atoms with van der Waals surface area (Å²) in [6.45, 7) is 1.78. The Morgan fingerprint density at radius 2 is 1.96 bits per heavy atom. The molecule has 0 fully saturated rings. The number of hydrogen-bond acceptors (Lipinski definition) is 8. The number of nitrogens with one attached hydrogen (secondary N) is 1. The van der Waals surface area contributed by atoms with Crippen molar-refractivity contribution in [2.24, 2.45) is 21.2 Å². The number of nitrogens with zero attached hydrogens (tertiary/aromatic N) is 4. The Balaban J connectivity index is 1.73. The van der Waals surface area contributed by atoms with Gasteiger partial charge in [0, 0.05) is 12.3 Å². The standard InChI is InChI=1S/C18H17N5O5/c1-10-8-15(25)21-22-16(10)11-2-5-13(6-3-11)20-19-9-12-4-7-14(24)18(26)17(12)23(27)28/h2-7,10,24,26H,8-9H2,1H3,(H,21,25). The van der Waals surface area contributed by atoms with Crippen LogP contribution in [0.1, 0.15) is 24.5 Å². The molecule has 0 aliphatic carbocycles. The summed E-state index contributed by atoms with van der Waals surface area (Å²) in [6, 6.07) is 9.51. The van der Waals surface area contributed by atoms with Gasteiger partial charge in [-0.2, -0.15) is 15.3 Å². The van der Waals surface area contributed by atoms with Gasteiger partial charge in [0.15, 0.2) is 5.75 Å². The fourth-order valence-electron chi connectivity index (χ4n) is 2.84. The molecular weight excluding hydrogens is 366 g/mol. The highest BCUT2D eigenvalue weighted by Gasteiger charge is 2.23. The summed E-state index contributed by atoms with van der Waals surface area (Å²) in [5.41, 5.74) is 4.15. The van der Waals surface area contributed by atoms with Crippen LogP contribution in [-0.2, 0) is 11.3 Å². The first-order chi connectivity index (χ1) is 13.4. The van der Waals surface area contributed by atoms with Gasteiger partial charge in [-0.15, -0.1) is 0 Å². The molecule has 1 atom stereocenters. The predicted molar refractivity (Wildman–Crippen MR) is 99.5 cm³/mol. The molecule has 0 radical (unpaired) electrons. The molecule has 1 unspecified atom stereocenters. The number of hydrazone groups is 1. The molecule has 2 aromatic carbocycles. The number of amides is 1. The molecule has 1 aliphatic rings. The quantitative estimate of drug-likeness (QED) is 0.314. The van der Waals surface area contributed by atoms with E-state index in [2.05, 4.69) is 20.8 Å². The molecule has 0 saturated carbocycles. The van der Waals surface area contributed by atoms with Crippen molar-refractivity contribution in [1.82, 2.24) is 5.43 Å². The van der Waals surface area contributed by atoms with Crippen LogP contribution in [0.25, 0.3) is 0 Å². The Morgan fingerprint density at radius 1 is 1.25 bits per heavy atom. The summed E-state index contributed by atoms with van der Waals surface area (Å²) < 4.78 is 0. The summed E-state index contributed by atoms with van der Waals surface area (Å²) in [5.74, 6) is -1.48. The Labute approximate surface area is 159 Å². The molecule has 0 saturated heterocycles. The van der Waals surface area contributed by atoms with Crippen LogP contribution >= 0.6 is 0 Å². The number of rotatable bonds is 5. The molecule has 28 heavy (non-hydrogen) atoms. The molecule has 0 bridgehead atoms. The minimum atomic E-state index is -0.795. The Hall–Kier alpha value is -3.82. The monoisotopic (exact) mass is 383 g/mol. The molecule has 144 valence electrons. The number of azo groups is 1. The van der Waals surface area contributed by atoms with Crippen molar-refractivity contribution in [3.8, 4) is 11.5 Å². The highest BCUT2D eigenvalue weighted by molar-refractivity contribution is 6.05. The largest absolute Gasteiger partial charge is 0.504 e. The summed E-state index contributed by atoms with van der Waals surface area (Å²) in [7, 11) is 0. The zero-order valence-electron chi connectivity index (χ0n) is 14.9. The maximum absolute atomic E-state index is 11.3.